The summed E-state index contributed by atoms with van der Waals surface area (Å²) in [4.78, 5) is 26.5. The van der Waals surface area contributed by atoms with Gasteiger partial charge < -0.3 is 10.2 Å². The van der Waals surface area contributed by atoms with E-state index in [9.17, 15) is 9.59 Å². The maximum atomic E-state index is 12.5. The summed E-state index contributed by atoms with van der Waals surface area (Å²) in [6, 6.07) is 7.93. The van der Waals surface area contributed by atoms with Crippen molar-refractivity contribution in [1.82, 2.24) is 10.2 Å². The first-order chi connectivity index (χ1) is 12.5. The molecule has 0 bridgehead atoms. The highest BCUT2D eigenvalue weighted by Crippen LogP contribution is 2.27. The lowest BCUT2D eigenvalue weighted by Crippen LogP contribution is -2.28. The highest BCUT2D eigenvalue weighted by Gasteiger charge is 2.35. The Morgan fingerprint density at radius 1 is 1.31 bits per heavy atom. The second-order valence-electron chi connectivity index (χ2n) is 7.01. The van der Waals surface area contributed by atoms with Crippen LogP contribution in [-0.2, 0) is 22.4 Å². The van der Waals surface area contributed by atoms with Crippen molar-refractivity contribution in [3.05, 3.63) is 34.8 Å². The minimum Gasteiger partial charge on any atom is -0.312 e. The molecular formula is C19H24N4O2S. The highest BCUT2D eigenvalue weighted by atomic mass is 32.1. The van der Waals surface area contributed by atoms with Gasteiger partial charge in [0.15, 0.2) is 0 Å². The van der Waals surface area contributed by atoms with E-state index in [4.69, 9.17) is 0 Å². The summed E-state index contributed by atoms with van der Waals surface area (Å²) in [5.74, 6) is -0.0668. The Morgan fingerprint density at radius 3 is 2.69 bits per heavy atom. The van der Waals surface area contributed by atoms with Crippen LogP contribution in [0.2, 0.25) is 0 Å². The van der Waals surface area contributed by atoms with Gasteiger partial charge in [0.2, 0.25) is 16.9 Å². The van der Waals surface area contributed by atoms with Gasteiger partial charge in [-0.05, 0) is 30.0 Å². The SMILES string of the molecule is CCc1ccc(N2CC(C(=O)Nc3nnc(CC(C)C)s3)CC2=O)cc1. The number of aromatic nitrogens is 2. The van der Waals surface area contributed by atoms with Crippen LogP contribution in [0.15, 0.2) is 24.3 Å². The number of rotatable bonds is 6. The number of hydrogen-bond donors (Lipinski definition) is 1. The van der Waals surface area contributed by atoms with Gasteiger partial charge in [0, 0.05) is 25.1 Å². The van der Waals surface area contributed by atoms with Gasteiger partial charge in [-0.15, -0.1) is 10.2 Å². The van der Waals surface area contributed by atoms with Crippen molar-refractivity contribution in [3.63, 3.8) is 0 Å². The largest absolute Gasteiger partial charge is 0.312 e. The average molecular weight is 372 g/mol. The van der Waals surface area contributed by atoms with Crippen molar-refractivity contribution >= 4 is 34.0 Å². The minimum absolute atomic E-state index is 0.0211. The molecule has 1 N–H and O–H groups in total. The van der Waals surface area contributed by atoms with Crippen molar-refractivity contribution in [3.8, 4) is 0 Å². The summed E-state index contributed by atoms with van der Waals surface area (Å²) in [6.07, 6.45) is 2.02. The Morgan fingerprint density at radius 2 is 2.04 bits per heavy atom. The van der Waals surface area contributed by atoms with Gasteiger partial charge >= 0.3 is 0 Å². The average Bonchev–Trinajstić information content (AvgIpc) is 3.21. The molecule has 6 nitrogen and oxygen atoms in total. The van der Waals surface area contributed by atoms with Gasteiger partial charge in [-0.1, -0.05) is 44.2 Å². The number of carbonyl (C=O) groups excluding carboxylic acids is 2. The molecule has 0 aliphatic carbocycles. The van der Waals surface area contributed by atoms with Crippen LogP contribution in [0.5, 0.6) is 0 Å². The van der Waals surface area contributed by atoms with Gasteiger partial charge in [-0.3, -0.25) is 9.59 Å². The number of carbonyl (C=O) groups is 2. The number of amides is 2. The summed E-state index contributed by atoms with van der Waals surface area (Å²) >= 11 is 1.40. The Bertz CT molecular complexity index is 785. The summed E-state index contributed by atoms with van der Waals surface area (Å²) in [6.45, 7) is 6.72. The fourth-order valence-corrected chi connectivity index (χ4v) is 3.94. The lowest BCUT2D eigenvalue weighted by molar-refractivity contribution is -0.122. The first kappa shape index (κ1) is 18.5. The van der Waals surface area contributed by atoms with Gasteiger partial charge in [0.25, 0.3) is 0 Å². The van der Waals surface area contributed by atoms with E-state index in [-0.39, 0.29) is 24.2 Å². The van der Waals surface area contributed by atoms with Gasteiger partial charge in [0.05, 0.1) is 5.92 Å². The predicted molar refractivity (Wildman–Crippen MR) is 103 cm³/mol. The molecule has 138 valence electrons. The fraction of sp³-hybridized carbons (Fsp3) is 0.474. The predicted octanol–water partition coefficient (Wildman–Crippen LogP) is 3.29. The van der Waals surface area contributed by atoms with Gasteiger partial charge in [-0.25, -0.2) is 0 Å². The maximum Gasteiger partial charge on any atom is 0.231 e. The fourth-order valence-electron chi connectivity index (χ4n) is 2.99. The van der Waals surface area contributed by atoms with Crippen molar-refractivity contribution in [2.24, 2.45) is 11.8 Å². The molecule has 1 aromatic heterocycles. The second kappa shape index (κ2) is 7.95. The van der Waals surface area contributed by atoms with E-state index in [0.717, 1.165) is 23.5 Å². The number of nitrogens with one attached hydrogen (secondary N) is 1. The van der Waals surface area contributed by atoms with E-state index in [1.54, 1.807) is 4.90 Å². The summed E-state index contributed by atoms with van der Waals surface area (Å²) in [5.41, 5.74) is 2.07. The molecule has 1 atom stereocenters. The molecule has 1 aliphatic rings. The van der Waals surface area contributed by atoms with Gasteiger partial charge in [0.1, 0.15) is 5.01 Å². The van der Waals surface area contributed by atoms with Crippen molar-refractivity contribution in [2.75, 3.05) is 16.8 Å². The van der Waals surface area contributed by atoms with Crippen LogP contribution in [0.4, 0.5) is 10.8 Å². The Kier molecular flexibility index (Phi) is 5.66. The Hall–Kier alpha value is -2.28. The molecule has 3 rings (SSSR count). The third kappa shape index (κ3) is 4.27. The number of nitrogens with zero attached hydrogens (tertiary/aromatic N) is 3. The molecule has 7 heteroatoms. The van der Waals surface area contributed by atoms with Crippen LogP contribution >= 0.6 is 11.3 Å². The lowest BCUT2D eigenvalue weighted by Gasteiger charge is -2.17. The lowest BCUT2D eigenvalue weighted by atomic mass is 10.1. The molecule has 0 saturated carbocycles. The van der Waals surface area contributed by atoms with Crippen molar-refractivity contribution in [1.29, 1.82) is 0 Å². The quantitative estimate of drug-likeness (QED) is 0.844. The molecule has 1 aromatic carbocycles. The van der Waals surface area contributed by atoms with Crippen LogP contribution < -0.4 is 10.2 Å². The van der Waals surface area contributed by atoms with Crippen LogP contribution in [0.25, 0.3) is 0 Å². The molecule has 0 spiro atoms. The molecule has 26 heavy (non-hydrogen) atoms. The molecule has 1 fully saturated rings. The van der Waals surface area contributed by atoms with Crippen LogP contribution in [0, 0.1) is 11.8 Å². The molecular weight excluding hydrogens is 348 g/mol. The number of hydrogen-bond acceptors (Lipinski definition) is 5. The molecule has 2 amide bonds. The van der Waals surface area contributed by atoms with Gasteiger partial charge in [-0.2, -0.15) is 0 Å². The smallest absolute Gasteiger partial charge is 0.231 e. The third-order valence-electron chi connectivity index (χ3n) is 4.43. The normalized spacial score (nSPS) is 17.2. The van der Waals surface area contributed by atoms with E-state index in [1.165, 1.54) is 16.9 Å². The first-order valence-corrected chi connectivity index (χ1v) is 9.80. The van der Waals surface area contributed by atoms with Crippen LogP contribution in [0.3, 0.4) is 0 Å². The van der Waals surface area contributed by atoms with Crippen LogP contribution in [-0.4, -0.2) is 28.6 Å². The topological polar surface area (TPSA) is 75.2 Å². The summed E-state index contributed by atoms with van der Waals surface area (Å²) in [7, 11) is 0. The highest BCUT2D eigenvalue weighted by molar-refractivity contribution is 7.15. The Labute approximate surface area is 157 Å². The molecule has 1 saturated heterocycles. The van der Waals surface area contributed by atoms with E-state index >= 15 is 0 Å². The minimum atomic E-state index is -0.370. The van der Waals surface area contributed by atoms with Crippen molar-refractivity contribution in [2.45, 2.75) is 40.0 Å². The maximum absolute atomic E-state index is 12.5. The monoisotopic (exact) mass is 372 g/mol. The summed E-state index contributed by atoms with van der Waals surface area (Å²) in [5, 5.41) is 12.4. The van der Waals surface area contributed by atoms with E-state index in [1.807, 2.05) is 24.3 Å². The van der Waals surface area contributed by atoms with Crippen molar-refractivity contribution < 1.29 is 9.59 Å². The zero-order valence-corrected chi connectivity index (χ0v) is 16.2. The standard InChI is InChI=1S/C19H24N4O2S/c1-4-13-5-7-15(8-6-13)23-11-14(10-17(23)24)18(25)20-19-22-21-16(26-19)9-12(2)3/h5-8,12,14H,4,9-11H2,1-3H3,(H,20,22,25). The zero-order valence-electron chi connectivity index (χ0n) is 15.4. The molecule has 2 aromatic rings. The molecule has 2 heterocycles. The third-order valence-corrected chi connectivity index (χ3v) is 5.29. The van der Waals surface area contributed by atoms with E-state index in [0.29, 0.717) is 17.6 Å². The molecule has 1 aliphatic heterocycles. The van der Waals surface area contributed by atoms with E-state index < -0.39 is 0 Å². The summed E-state index contributed by atoms with van der Waals surface area (Å²) < 4.78 is 0. The number of aryl methyl sites for hydroxylation is 1. The number of benzene rings is 1. The van der Waals surface area contributed by atoms with Crippen LogP contribution in [0.1, 0.15) is 37.8 Å². The Balaban J connectivity index is 1.62. The molecule has 0 radical (unpaired) electrons. The van der Waals surface area contributed by atoms with E-state index in [2.05, 4.69) is 36.3 Å². The zero-order chi connectivity index (χ0) is 18.7. The first-order valence-electron chi connectivity index (χ1n) is 8.98. The molecule has 1 unspecified atom stereocenters. The number of anilines is 2. The second-order valence-corrected chi connectivity index (χ2v) is 8.08.